The van der Waals surface area contributed by atoms with Gasteiger partial charge in [-0.2, -0.15) is 0 Å². The maximum atomic E-state index is 5.98. The Bertz CT molecular complexity index is 325. The Hall–Kier alpha value is 0.489. The first-order chi connectivity index (χ1) is 6.50. The van der Waals surface area contributed by atoms with Crippen molar-refractivity contribution in [2.75, 3.05) is 14.2 Å². The van der Waals surface area contributed by atoms with Crippen molar-refractivity contribution in [3.63, 3.8) is 0 Å². The fraction of sp³-hybridized carbons (Fsp3) is 0.250. The molecule has 2 nitrogen and oxygen atoms in total. The Morgan fingerprint density at radius 1 is 1.07 bits per heavy atom. The molecule has 1 rings (SSSR count). The summed E-state index contributed by atoms with van der Waals surface area (Å²) in [6.45, 7) is 0. The number of ether oxygens (including phenoxy) is 2. The van der Waals surface area contributed by atoms with E-state index in [9.17, 15) is 0 Å². The van der Waals surface area contributed by atoms with Gasteiger partial charge in [0.05, 0.1) is 0 Å². The van der Waals surface area contributed by atoms with E-state index in [1.807, 2.05) is 0 Å². The summed E-state index contributed by atoms with van der Waals surface area (Å²) in [6.07, 6.45) is 0. The molecule has 0 amide bonds. The van der Waals surface area contributed by atoms with Gasteiger partial charge in [0.15, 0.2) is 0 Å². The van der Waals surface area contributed by atoms with Crippen molar-refractivity contribution in [1.82, 2.24) is 0 Å². The fourth-order valence-corrected chi connectivity index (χ4v) is 6.30. The average molecular weight is 362 g/mol. The van der Waals surface area contributed by atoms with Gasteiger partial charge in [0.2, 0.25) is 0 Å². The zero-order chi connectivity index (χ0) is 10.8. The summed E-state index contributed by atoms with van der Waals surface area (Å²) in [7, 11) is 21.0. The molecule has 0 unspecified atom stereocenters. The number of hydrogen-bond acceptors (Lipinski definition) is 2. The molecule has 0 aromatic heterocycles. The summed E-state index contributed by atoms with van der Waals surface area (Å²) in [5.74, 6) is 1.12. The molecule has 0 atom stereocenters. The molecule has 0 saturated heterocycles. The average Bonchev–Trinajstić information content (AvgIpc) is 2.15. The molecule has 0 N–H and O–H groups in total. The van der Waals surface area contributed by atoms with Crippen molar-refractivity contribution >= 4 is 45.3 Å². The number of rotatable bonds is 3. The van der Waals surface area contributed by atoms with Crippen LogP contribution in [-0.2, 0) is 0 Å². The summed E-state index contributed by atoms with van der Waals surface area (Å²) in [5, 5.41) is 0. The molecular weight excluding hydrogens is 353 g/mol. The van der Waals surface area contributed by atoms with E-state index in [0.717, 1.165) is 0 Å². The molecule has 0 fully saturated rings. The number of benzene rings is 1. The van der Waals surface area contributed by atoms with Crippen molar-refractivity contribution in [2.45, 2.75) is 0 Å². The maximum absolute atomic E-state index is 5.98. The molecule has 0 saturated carbocycles. The van der Waals surface area contributed by atoms with Gasteiger partial charge >= 0.3 is 98.7 Å². The van der Waals surface area contributed by atoms with Crippen molar-refractivity contribution in [3.8, 4) is 11.5 Å². The van der Waals surface area contributed by atoms with Crippen LogP contribution in [-0.4, -0.2) is 29.2 Å². The van der Waals surface area contributed by atoms with E-state index < -0.39 is 15.0 Å². The normalized spacial score (nSPS) is 11.2. The number of para-hydroxylation sites is 1. The summed E-state index contributed by atoms with van der Waals surface area (Å²) in [5.41, 5.74) is 0. The second-order valence-electron chi connectivity index (χ2n) is 2.54. The van der Waals surface area contributed by atoms with Crippen LogP contribution < -0.4 is 13.1 Å². The van der Waals surface area contributed by atoms with Gasteiger partial charge < -0.3 is 0 Å². The molecule has 14 heavy (non-hydrogen) atoms. The Balaban J connectivity index is 3.29. The Labute approximate surface area is 98.1 Å². The van der Waals surface area contributed by atoms with Crippen LogP contribution in [0.25, 0.3) is 0 Å². The SMILES string of the molecule is COc1ccc[c]([Sn]([Cl])([Cl])[Cl])c1OC. The molecule has 1 aromatic carbocycles. The van der Waals surface area contributed by atoms with E-state index in [0.29, 0.717) is 15.1 Å². The summed E-state index contributed by atoms with van der Waals surface area (Å²) >= 11 is -3.66. The second kappa shape index (κ2) is 5.01. The first-order valence-corrected chi connectivity index (χ1v) is 16.1. The predicted molar refractivity (Wildman–Crippen MR) is 62.5 cm³/mol. The van der Waals surface area contributed by atoms with Gasteiger partial charge in [-0.15, -0.1) is 0 Å². The molecule has 0 heterocycles. The van der Waals surface area contributed by atoms with Gasteiger partial charge in [0.1, 0.15) is 0 Å². The molecular formula is C8H9Cl3O2Sn. The standard InChI is InChI=1S/C8H9O2.3ClH.Sn/c1-9-7-5-3-4-6-8(7)10-2;;;;/h3-5H,1-2H3;3*1H;/q;;;;+3/p-3. The Kier molecular flexibility index (Phi) is 4.50. The third-order valence-electron chi connectivity index (χ3n) is 1.71. The molecule has 0 aliphatic heterocycles. The summed E-state index contributed by atoms with van der Waals surface area (Å²) in [4.78, 5) is 0. The number of halogens is 3. The zero-order valence-corrected chi connectivity index (χ0v) is 12.8. The summed E-state index contributed by atoms with van der Waals surface area (Å²) < 4.78 is 10.9. The minimum absolute atomic E-state index is 0.533. The predicted octanol–water partition coefficient (Wildman–Crippen LogP) is 2.57. The minimum atomic E-state index is -3.66. The Morgan fingerprint density at radius 3 is 2.14 bits per heavy atom. The topological polar surface area (TPSA) is 18.5 Å². The second-order valence-corrected chi connectivity index (χ2v) is 22.2. The van der Waals surface area contributed by atoms with Crippen LogP contribution >= 0.6 is 26.8 Å². The van der Waals surface area contributed by atoms with Crippen molar-refractivity contribution in [2.24, 2.45) is 0 Å². The molecule has 6 heteroatoms. The van der Waals surface area contributed by atoms with Crippen molar-refractivity contribution < 1.29 is 9.47 Å². The molecule has 78 valence electrons. The van der Waals surface area contributed by atoms with E-state index in [1.165, 1.54) is 7.11 Å². The molecule has 0 bridgehead atoms. The summed E-state index contributed by atoms with van der Waals surface area (Å²) in [6, 6.07) is 5.32. The van der Waals surface area contributed by atoms with Crippen molar-refractivity contribution in [3.05, 3.63) is 18.2 Å². The molecule has 0 aliphatic rings. The quantitative estimate of drug-likeness (QED) is 0.770. The van der Waals surface area contributed by atoms with Gasteiger partial charge in [0.25, 0.3) is 0 Å². The third-order valence-corrected chi connectivity index (χ3v) is 8.67. The molecule has 1 aromatic rings. The van der Waals surface area contributed by atoms with Crippen LogP contribution in [0.1, 0.15) is 0 Å². The van der Waals surface area contributed by atoms with Crippen LogP contribution in [0.15, 0.2) is 18.2 Å². The van der Waals surface area contributed by atoms with Crippen LogP contribution in [0.5, 0.6) is 11.5 Å². The van der Waals surface area contributed by atoms with Crippen LogP contribution in [0, 0.1) is 0 Å². The van der Waals surface area contributed by atoms with E-state index >= 15 is 0 Å². The zero-order valence-electron chi connectivity index (χ0n) is 7.68. The first kappa shape index (κ1) is 12.6. The molecule has 0 radical (unpaired) electrons. The van der Waals surface area contributed by atoms with Gasteiger partial charge in [-0.1, -0.05) is 0 Å². The Morgan fingerprint density at radius 2 is 1.71 bits per heavy atom. The van der Waals surface area contributed by atoms with Gasteiger partial charge in [-0.3, -0.25) is 0 Å². The molecule has 0 aliphatic carbocycles. The van der Waals surface area contributed by atoms with E-state index in [4.69, 9.17) is 36.2 Å². The molecule has 0 spiro atoms. The van der Waals surface area contributed by atoms with Gasteiger partial charge in [-0.25, -0.2) is 0 Å². The number of methoxy groups -OCH3 is 2. The van der Waals surface area contributed by atoms with E-state index in [2.05, 4.69) is 0 Å². The van der Waals surface area contributed by atoms with E-state index in [-0.39, 0.29) is 0 Å². The van der Waals surface area contributed by atoms with Crippen LogP contribution in [0.3, 0.4) is 0 Å². The van der Waals surface area contributed by atoms with Crippen molar-refractivity contribution in [1.29, 1.82) is 0 Å². The van der Waals surface area contributed by atoms with E-state index in [1.54, 1.807) is 25.3 Å². The number of hydrogen-bond donors (Lipinski definition) is 0. The first-order valence-electron chi connectivity index (χ1n) is 3.79. The monoisotopic (exact) mass is 362 g/mol. The fourth-order valence-electron chi connectivity index (χ4n) is 1.11. The van der Waals surface area contributed by atoms with Crippen LogP contribution in [0.2, 0.25) is 0 Å². The van der Waals surface area contributed by atoms with Gasteiger partial charge in [0, 0.05) is 0 Å². The van der Waals surface area contributed by atoms with Crippen LogP contribution in [0.4, 0.5) is 0 Å². The van der Waals surface area contributed by atoms with Gasteiger partial charge in [-0.05, 0) is 0 Å². The third kappa shape index (κ3) is 2.75.